The summed E-state index contributed by atoms with van der Waals surface area (Å²) < 4.78 is 56.5. The van der Waals surface area contributed by atoms with Crippen LogP contribution >= 0.6 is 11.6 Å². The molecule has 3 aliphatic heterocycles. The molecule has 0 atom stereocenters. The van der Waals surface area contributed by atoms with Crippen molar-refractivity contribution in [1.82, 2.24) is 29.9 Å². The lowest BCUT2D eigenvalue weighted by Gasteiger charge is -2.34. The molecule has 0 N–H and O–H groups in total. The van der Waals surface area contributed by atoms with E-state index in [0.717, 1.165) is 133 Å². The Kier molecular flexibility index (Phi) is 18.3. The van der Waals surface area contributed by atoms with Crippen molar-refractivity contribution in [3.05, 3.63) is 438 Å². The van der Waals surface area contributed by atoms with E-state index in [0.29, 0.717) is 63.6 Å². The quantitative estimate of drug-likeness (QED) is 0.118. The van der Waals surface area contributed by atoms with Crippen molar-refractivity contribution in [3.63, 3.8) is 0 Å². The number of nitrogens with zero attached hydrogens (tertiary/aromatic N) is 6. The molecule has 8 heterocycles. The molecule has 5 aliphatic rings. The molecule has 17 heteroatoms. The number of hydrogen-bond acceptors (Lipinski definition) is 15. The largest absolute Gasteiger partial charge is 0.494 e. The van der Waals surface area contributed by atoms with Crippen LogP contribution in [0.2, 0.25) is 5.28 Å². The molecule has 27 rings (SSSR count). The molecule has 0 amide bonds. The van der Waals surface area contributed by atoms with Crippen LogP contribution in [0.3, 0.4) is 0 Å². The molecule has 634 valence electrons. The standard InChI is InChI=1S/C52H31N3O3.C37H31BO4.C27H14ClN3O2/c1-2-12-32(13-3-1)49-53-50(55-51(54-49)34-24-28-40-39-16-6-9-19-43(39)56-47(40)30-34)33-22-25-35(26-23-33)52(41-17-7-4-14-37(41)38-15-5-8-18-42(38)52)36-27-29-46-48(31-36)58-45-21-11-10-20-44(45)57-46;1-35(2)36(3,4)42-38(41-35)26-20-17-24(18-21-26)37(29-13-7-5-11-27(29)28-12-6-8-14-30(28)37)25-19-22-33-34(23-25)40-32-16-10-9-15-31(32)39-33;28-27-30-25(15-9-11-19-17-5-1-3-7-21(17)32-23(19)13-15)29-26(31-27)16-10-12-20-18-6-2-4-8-22(18)33-24(20)14-16/h1-31H;5-23H,1-4H3;1-14H. The van der Waals surface area contributed by atoms with Gasteiger partial charge >= 0.3 is 7.12 Å². The van der Waals surface area contributed by atoms with E-state index in [-0.39, 0.29) is 5.28 Å². The number of benzene rings is 17. The fourth-order valence-corrected chi connectivity index (χ4v) is 20.0. The third-order valence-electron chi connectivity index (χ3n) is 26.9. The predicted octanol–water partition coefficient (Wildman–Crippen LogP) is 28.9. The Bertz CT molecular complexity index is 8240. The van der Waals surface area contributed by atoms with Gasteiger partial charge in [0.15, 0.2) is 75.1 Å². The maximum atomic E-state index is 6.49. The molecule has 1 fully saturated rings. The van der Waals surface area contributed by atoms with Gasteiger partial charge in [-0.3, -0.25) is 0 Å². The van der Waals surface area contributed by atoms with Crippen LogP contribution in [0.5, 0.6) is 46.0 Å². The maximum absolute atomic E-state index is 6.49. The zero-order valence-corrected chi connectivity index (χ0v) is 73.0. The van der Waals surface area contributed by atoms with E-state index >= 15 is 0 Å². The Labute approximate surface area is 769 Å². The minimum atomic E-state index is -0.650. The van der Waals surface area contributed by atoms with Crippen LogP contribution < -0.4 is 24.4 Å². The second-order valence-electron chi connectivity index (χ2n) is 34.9. The number of aromatic nitrogens is 6. The molecular formula is C116H76BClN6O9. The number of rotatable bonds is 10. The molecule has 17 aromatic carbocycles. The second-order valence-corrected chi connectivity index (χ2v) is 35.3. The lowest BCUT2D eigenvalue weighted by atomic mass is 9.66. The molecule has 0 radical (unpaired) electrons. The number of fused-ring (bicyclic) bond motifs is 19. The van der Waals surface area contributed by atoms with Crippen LogP contribution in [0.4, 0.5) is 0 Å². The Morgan fingerprint density at radius 2 is 0.504 bits per heavy atom. The summed E-state index contributed by atoms with van der Waals surface area (Å²) >= 11 is 6.31. The van der Waals surface area contributed by atoms with Crippen molar-refractivity contribution >= 4 is 90.0 Å². The smallest absolute Gasteiger partial charge is 0.456 e. The number of para-hydroxylation sites is 7. The molecule has 133 heavy (non-hydrogen) atoms. The highest BCUT2D eigenvalue weighted by atomic mass is 35.5. The van der Waals surface area contributed by atoms with Crippen molar-refractivity contribution in [1.29, 1.82) is 0 Å². The van der Waals surface area contributed by atoms with Crippen molar-refractivity contribution in [3.8, 4) is 125 Å². The number of hydrogen-bond donors (Lipinski definition) is 0. The number of furan rings is 3. The Balaban J connectivity index is 0.000000112. The van der Waals surface area contributed by atoms with E-state index in [1.165, 1.54) is 44.5 Å². The summed E-state index contributed by atoms with van der Waals surface area (Å²) in [6.45, 7) is 8.35. The van der Waals surface area contributed by atoms with Crippen LogP contribution in [0.15, 0.2) is 401 Å². The first-order valence-corrected chi connectivity index (χ1v) is 44.7. The molecular weight excluding hydrogens is 1670 g/mol. The van der Waals surface area contributed by atoms with Gasteiger partial charge in [0, 0.05) is 60.1 Å². The molecule has 2 aliphatic carbocycles. The highest BCUT2D eigenvalue weighted by Gasteiger charge is 2.53. The van der Waals surface area contributed by atoms with Crippen LogP contribution in [-0.2, 0) is 20.1 Å². The fourth-order valence-electron chi connectivity index (χ4n) is 19.9. The summed E-state index contributed by atoms with van der Waals surface area (Å²) in [5, 5.41) is 6.51. The summed E-state index contributed by atoms with van der Waals surface area (Å²) in [7, 11) is -0.419. The highest BCUT2D eigenvalue weighted by molar-refractivity contribution is 6.62. The monoisotopic (exact) mass is 1740 g/mol. The van der Waals surface area contributed by atoms with Crippen molar-refractivity contribution < 1.29 is 41.5 Å². The summed E-state index contributed by atoms with van der Waals surface area (Å²) in [5.74, 6) is 8.35. The molecule has 5 aromatic heterocycles. The fraction of sp³-hybridized carbons (Fsp3) is 0.0690. The van der Waals surface area contributed by atoms with Gasteiger partial charge in [0.25, 0.3) is 0 Å². The lowest BCUT2D eigenvalue weighted by Crippen LogP contribution is -2.41. The second kappa shape index (κ2) is 30.9. The van der Waals surface area contributed by atoms with E-state index < -0.39 is 29.2 Å². The van der Waals surface area contributed by atoms with E-state index in [1.807, 2.05) is 200 Å². The van der Waals surface area contributed by atoms with Crippen molar-refractivity contribution in [2.24, 2.45) is 0 Å². The molecule has 0 bridgehead atoms. The molecule has 22 aromatic rings. The van der Waals surface area contributed by atoms with E-state index in [9.17, 15) is 0 Å². The van der Waals surface area contributed by atoms with Gasteiger partial charge in [-0.15, -0.1) is 0 Å². The molecule has 0 unspecified atom stereocenters. The minimum Gasteiger partial charge on any atom is -0.456 e. The first-order valence-electron chi connectivity index (χ1n) is 44.3. The zero-order chi connectivity index (χ0) is 88.8. The first-order chi connectivity index (χ1) is 65.2. The third-order valence-corrected chi connectivity index (χ3v) is 27.0. The van der Waals surface area contributed by atoms with Crippen LogP contribution in [0.25, 0.3) is 145 Å². The Morgan fingerprint density at radius 3 is 0.887 bits per heavy atom. The minimum absolute atomic E-state index is 0.129. The summed E-state index contributed by atoms with van der Waals surface area (Å²) in [6, 6.07) is 133. The van der Waals surface area contributed by atoms with Crippen molar-refractivity contribution in [2.45, 2.75) is 49.7 Å². The van der Waals surface area contributed by atoms with E-state index in [1.54, 1.807) is 0 Å². The third kappa shape index (κ3) is 13.0. The lowest BCUT2D eigenvalue weighted by molar-refractivity contribution is 0.00578. The summed E-state index contributed by atoms with van der Waals surface area (Å²) in [5.41, 5.74) is 22.4. The van der Waals surface area contributed by atoms with Gasteiger partial charge in [-0.05, 0) is 215 Å². The molecule has 1 saturated heterocycles. The highest BCUT2D eigenvalue weighted by Crippen LogP contribution is 2.61. The van der Waals surface area contributed by atoms with Gasteiger partial charge in [-0.25, -0.2) is 19.9 Å². The van der Waals surface area contributed by atoms with Gasteiger partial charge in [-0.1, -0.05) is 285 Å². The van der Waals surface area contributed by atoms with Gasteiger partial charge in [0.2, 0.25) is 5.28 Å². The van der Waals surface area contributed by atoms with Crippen LogP contribution in [-0.4, -0.2) is 48.2 Å². The van der Waals surface area contributed by atoms with E-state index in [4.69, 9.17) is 73.0 Å². The summed E-state index contributed by atoms with van der Waals surface area (Å²) in [6.07, 6.45) is 0. The summed E-state index contributed by atoms with van der Waals surface area (Å²) in [4.78, 5) is 28.6. The van der Waals surface area contributed by atoms with E-state index in [2.05, 4.69) is 226 Å². The van der Waals surface area contributed by atoms with Gasteiger partial charge in [0.1, 0.15) is 33.5 Å². The van der Waals surface area contributed by atoms with Crippen LogP contribution in [0, 0.1) is 0 Å². The SMILES string of the molecule is CC1(C)OB(c2ccc(C3(c4ccc5c(c4)Oc4ccccc4O5)c4ccccc4-c4ccccc43)cc2)OC1(C)C.Clc1nc(-c2ccc3c(c2)oc2ccccc23)nc(-c2ccc3c(c2)oc2ccccc23)n1.c1ccc(-c2nc(-c3ccc(C4(c5ccc6c(c5)Oc5ccccc5O6)c5ccccc5-c5ccccc54)cc3)nc(-c3ccc4c(c3)oc3ccccc34)n2)cc1. The number of ether oxygens (including phenoxy) is 4. The number of halogens is 1. The average Bonchev–Trinajstić information content (AvgIpc) is 1.54. The average molecular weight is 1740 g/mol. The maximum Gasteiger partial charge on any atom is 0.494 e. The normalized spacial score (nSPS) is 14.5. The Hall–Kier alpha value is -16.4. The van der Waals surface area contributed by atoms with Crippen molar-refractivity contribution in [2.75, 3.05) is 0 Å². The first kappa shape index (κ1) is 78.9. The Morgan fingerprint density at radius 1 is 0.226 bits per heavy atom. The zero-order valence-electron chi connectivity index (χ0n) is 72.3. The van der Waals surface area contributed by atoms with Gasteiger partial charge < -0.3 is 41.5 Å². The predicted molar refractivity (Wildman–Crippen MR) is 524 cm³/mol. The topological polar surface area (TPSA) is 172 Å². The van der Waals surface area contributed by atoms with Gasteiger partial charge in [0.05, 0.1) is 22.0 Å². The molecule has 0 spiro atoms. The van der Waals surface area contributed by atoms with Gasteiger partial charge in [-0.2, -0.15) is 9.97 Å². The molecule has 15 nitrogen and oxygen atoms in total. The van der Waals surface area contributed by atoms with Crippen LogP contribution in [0.1, 0.15) is 72.2 Å². The molecule has 0 saturated carbocycles.